The Labute approximate surface area is 234 Å². The zero-order valence-corrected chi connectivity index (χ0v) is 24.3. The van der Waals surface area contributed by atoms with Crippen molar-refractivity contribution in [2.75, 3.05) is 13.1 Å². The number of aliphatic imine (C=N–C) groups is 1. The maximum Gasteiger partial charge on any atom is 0.0389 e. The second kappa shape index (κ2) is 11.1. The van der Waals surface area contributed by atoms with Gasteiger partial charge in [0.1, 0.15) is 0 Å². The van der Waals surface area contributed by atoms with Crippen LogP contribution in [0.2, 0.25) is 0 Å². The van der Waals surface area contributed by atoms with E-state index >= 15 is 0 Å². The first kappa shape index (κ1) is 29.4. The Hall–Kier alpha value is -1.61. The molecule has 0 aromatic rings. The molecule has 2 spiro atoms. The van der Waals surface area contributed by atoms with Crippen molar-refractivity contribution in [3.63, 3.8) is 0 Å². The Kier molecular flexibility index (Phi) is 8.58. The predicted octanol–water partition coefficient (Wildman–Crippen LogP) is 8.41. The van der Waals surface area contributed by atoms with E-state index < -0.39 is 0 Å². The summed E-state index contributed by atoms with van der Waals surface area (Å²) in [4.78, 5) is 5.18. The number of rotatable bonds is 7. The second-order valence-corrected chi connectivity index (χ2v) is 13.8. The van der Waals surface area contributed by atoms with E-state index in [4.69, 9.17) is 4.99 Å². The molecule has 2 N–H and O–H groups in total. The van der Waals surface area contributed by atoms with Crippen LogP contribution in [-0.2, 0) is 0 Å². The first-order chi connectivity index (χ1) is 17.7. The van der Waals surface area contributed by atoms with E-state index in [1.165, 1.54) is 87.5 Å². The molecule has 0 radical (unpaired) electrons. The van der Waals surface area contributed by atoms with Gasteiger partial charge in [-0.15, -0.1) is 0 Å². The fraction of sp³-hybridized carbons (Fsp3) is 0.743. The Balaban J connectivity index is 0.000000435. The minimum absolute atomic E-state index is 0. The quantitative estimate of drug-likeness (QED) is 0.201. The van der Waals surface area contributed by atoms with Gasteiger partial charge in [0.15, 0.2) is 0 Å². The molecule has 0 aromatic heterocycles. The van der Waals surface area contributed by atoms with Gasteiger partial charge < -0.3 is 10.6 Å². The molecule has 6 aliphatic rings. The molecule has 1 saturated heterocycles. The van der Waals surface area contributed by atoms with E-state index in [1.54, 1.807) is 6.20 Å². The molecule has 38 heavy (non-hydrogen) atoms. The van der Waals surface area contributed by atoms with Crippen molar-refractivity contribution in [1.82, 2.24) is 10.6 Å². The fourth-order valence-corrected chi connectivity index (χ4v) is 10.4. The lowest BCUT2D eigenvalue weighted by Gasteiger charge is -2.45. The number of nitrogens with zero attached hydrogens (tertiary/aromatic N) is 1. The zero-order valence-electron chi connectivity index (χ0n) is 24.3. The van der Waals surface area contributed by atoms with Gasteiger partial charge in [0.2, 0.25) is 0 Å². The van der Waals surface area contributed by atoms with Crippen LogP contribution < -0.4 is 10.6 Å². The number of hydrogen-bond donors (Lipinski definition) is 2. The number of nitrogens with one attached hydrogen (secondary N) is 2. The van der Waals surface area contributed by atoms with Crippen LogP contribution in [0.15, 0.2) is 53.7 Å². The SMILES string of the molecule is C.C=C1C=C2CCC34C5CCC(C(C)=NCCCC6CC(=C)CN6)C5(C)CCC3C24CC1.C=CNC(C)C. The van der Waals surface area contributed by atoms with Crippen molar-refractivity contribution in [3.05, 3.63) is 48.7 Å². The number of hydrogen-bond acceptors (Lipinski definition) is 3. The average molecular weight is 520 g/mol. The predicted molar refractivity (Wildman–Crippen MR) is 166 cm³/mol. The van der Waals surface area contributed by atoms with Gasteiger partial charge in [0.25, 0.3) is 0 Å². The lowest BCUT2D eigenvalue weighted by molar-refractivity contribution is 0.0525. The molecule has 212 valence electrons. The smallest absolute Gasteiger partial charge is 0.0389 e. The first-order valence-corrected chi connectivity index (χ1v) is 15.4. The van der Waals surface area contributed by atoms with Gasteiger partial charge in [0.05, 0.1) is 0 Å². The Morgan fingerprint density at radius 3 is 2.61 bits per heavy atom. The minimum Gasteiger partial charge on any atom is -0.389 e. The van der Waals surface area contributed by atoms with Crippen molar-refractivity contribution in [3.8, 4) is 0 Å². The average Bonchev–Trinajstić information content (AvgIpc) is 3.22. The molecule has 3 heteroatoms. The van der Waals surface area contributed by atoms with Crippen molar-refractivity contribution in [2.24, 2.45) is 39.0 Å². The molecule has 1 aliphatic heterocycles. The highest BCUT2D eigenvalue weighted by molar-refractivity contribution is 5.85. The van der Waals surface area contributed by atoms with Gasteiger partial charge >= 0.3 is 0 Å². The largest absolute Gasteiger partial charge is 0.389 e. The molecule has 6 rings (SSSR count). The summed E-state index contributed by atoms with van der Waals surface area (Å²) in [7, 11) is 0. The standard InChI is InChI=1S/C29H42N2.C5H11N.CH4/c1-19-9-13-28-22(16-19)10-14-29(28)25-8-7-24(27(25,4)12-11-26(28)29)21(3)30-15-5-6-23-17-20(2)18-31-23;1-4-6-5(2)3;/h16,23-26,31H,1-2,5-15,17-18H2,3-4H3;4-6H,1H2,2-3H3;1H4. The minimum atomic E-state index is 0. The van der Waals surface area contributed by atoms with Crippen molar-refractivity contribution in [1.29, 1.82) is 0 Å². The summed E-state index contributed by atoms with van der Waals surface area (Å²) in [5, 5.41) is 6.56. The van der Waals surface area contributed by atoms with Gasteiger partial charge in [0, 0.05) is 42.2 Å². The lowest BCUT2D eigenvalue weighted by atomic mass is 9.59. The molecule has 7 unspecified atom stereocenters. The van der Waals surface area contributed by atoms with E-state index in [9.17, 15) is 0 Å². The highest BCUT2D eigenvalue weighted by atomic mass is 14.9. The van der Waals surface area contributed by atoms with Crippen molar-refractivity contribution in [2.45, 2.75) is 118 Å². The Morgan fingerprint density at radius 2 is 1.95 bits per heavy atom. The van der Waals surface area contributed by atoms with Gasteiger partial charge in [-0.25, -0.2) is 0 Å². The Bertz CT molecular complexity index is 987. The summed E-state index contributed by atoms with van der Waals surface area (Å²) >= 11 is 0. The summed E-state index contributed by atoms with van der Waals surface area (Å²) in [5.74, 6) is 2.65. The van der Waals surface area contributed by atoms with Gasteiger partial charge in [-0.1, -0.05) is 56.9 Å². The third-order valence-electron chi connectivity index (χ3n) is 11.7. The van der Waals surface area contributed by atoms with E-state index in [2.05, 4.69) is 64.1 Å². The molecule has 3 nitrogen and oxygen atoms in total. The summed E-state index contributed by atoms with van der Waals surface area (Å²) in [6, 6.07) is 1.18. The molecule has 5 aliphatic carbocycles. The van der Waals surface area contributed by atoms with E-state index in [-0.39, 0.29) is 7.43 Å². The van der Waals surface area contributed by atoms with Crippen LogP contribution in [0.4, 0.5) is 0 Å². The van der Waals surface area contributed by atoms with Crippen molar-refractivity contribution >= 4 is 5.71 Å². The second-order valence-electron chi connectivity index (χ2n) is 13.8. The summed E-state index contributed by atoms with van der Waals surface area (Å²) in [6.07, 6.45) is 19.1. The summed E-state index contributed by atoms with van der Waals surface area (Å²) in [6.45, 7) is 23.1. The number of allylic oxidation sites excluding steroid dienone is 3. The van der Waals surface area contributed by atoms with Gasteiger partial charge in [-0.3, -0.25) is 4.99 Å². The Morgan fingerprint density at radius 1 is 1.16 bits per heavy atom. The highest BCUT2D eigenvalue weighted by Crippen LogP contribution is 2.91. The molecule has 0 aromatic carbocycles. The molecule has 0 amide bonds. The maximum atomic E-state index is 5.18. The molecular formula is C35H57N3. The number of fused-ring (bicyclic) bond motifs is 1. The van der Waals surface area contributed by atoms with Crippen LogP contribution in [0.3, 0.4) is 0 Å². The zero-order chi connectivity index (χ0) is 26.4. The third kappa shape index (κ3) is 4.59. The summed E-state index contributed by atoms with van der Waals surface area (Å²) < 4.78 is 0. The monoisotopic (exact) mass is 519 g/mol. The fourth-order valence-electron chi connectivity index (χ4n) is 10.4. The molecular weight excluding hydrogens is 462 g/mol. The van der Waals surface area contributed by atoms with Gasteiger partial charge in [-0.2, -0.15) is 0 Å². The van der Waals surface area contributed by atoms with Crippen LogP contribution in [0.25, 0.3) is 0 Å². The molecule has 1 heterocycles. The van der Waals surface area contributed by atoms with Crippen molar-refractivity contribution < 1.29 is 0 Å². The van der Waals surface area contributed by atoms with E-state index in [0.29, 0.717) is 28.3 Å². The van der Waals surface area contributed by atoms with Crippen LogP contribution in [0, 0.1) is 34.0 Å². The van der Waals surface area contributed by atoms with Crippen LogP contribution in [0.1, 0.15) is 106 Å². The maximum absolute atomic E-state index is 5.18. The summed E-state index contributed by atoms with van der Waals surface area (Å²) in [5.41, 5.74) is 7.79. The van der Waals surface area contributed by atoms with Gasteiger partial charge in [-0.05, 0) is 120 Å². The van der Waals surface area contributed by atoms with Crippen LogP contribution in [-0.4, -0.2) is 30.9 Å². The molecule has 4 saturated carbocycles. The molecule has 5 fully saturated rings. The van der Waals surface area contributed by atoms with Crippen LogP contribution >= 0.6 is 0 Å². The highest BCUT2D eigenvalue weighted by Gasteiger charge is 2.84. The topological polar surface area (TPSA) is 36.4 Å². The first-order valence-electron chi connectivity index (χ1n) is 15.4. The van der Waals surface area contributed by atoms with E-state index in [1.807, 2.05) is 5.57 Å². The molecule has 7 atom stereocenters. The van der Waals surface area contributed by atoms with E-state index in [0.717, 1.165) is 30.8 Å². The third-order valence-corrected chi connectivity index (χ3v) is 11.7. The molecule has 0 bridgehead atoms. The normalized spacial score (nSPS) is 40.7. The lowest BCUT2D eigenvalue weighted by Crippen LogP contribution is -2.40. The van der Waals surface area contributed by atoms with Crippen LogP contribution in [0.5, 0.6) is 0 Å².